The molecule has 0 spiro atoms. The zero-order valence-electron chi connectivity index (χ0n) is 13.8. The molecule has 0 aliphatic rings. The number of benzene rings is 1. The number of H-pyrrole nitrogens is 1. The van der Waals surface area contributed by atoms with E-state index >= 15 is 0 Å². The quantitative estimate of drug-likeness (QED) is 0.666. The molecule has 3 rings (SSSR count). The third kappa shape index (κ3) is 4.41. The maximum absolute atomic E-state index is 13.5. The number of nitrogens with one attached hydrogen (secondary N) is 2. The Bertz CT molecular complexity index is 881. The number of carbonyl (C=O) groups is 1. The van der Waals surface area contributed by atoms with E-state index in [0.717, 1.165) is 12.1 Å². The first-order valence-corrected chi connectivity index (χ1v) is 7.76. The fourth-order valence-corrected chi connectivity index (χ4v) is 2.25. The van der Waals surface area contributed by atoms with Crippen molar-refractivity contribution in [3.8, 4) is 5.75 Å². The van der Waals surface area contributed by atoms with E-state index in [1.807, 2.05) is 6.92 Å². The van der Waals surface area contributed by atoms with Gasteiger partial charge in [-0.05, 0) is 25.1 Å². The number of aromatic nitrogens is 5. The van der Waals surface area contributed by atoms with Crippen molar-refractivity contribution in [2.75, 3.05) is 0 Å². The highest BCUT2D eigenvalue weighted by Gasteiger charge is 2.14. The molecular weight excluding hydrogens is 346 g/mol. The van der Waals surface area contributed by atoms with Crippen LogP contribution in [0.15, 0.2) is 36.9 Å². The van der Waals surface area contributed by atoms with Crippen molar-refractivity contribution in [1.82, 2.24) is 30.3 Å². The summed E-state index contributed by atoms with van der Waals surface area (Å²) in [7, 11) is 0. The first-order valence-electron chi connectivity index (χ1n) is 7.76. The van der Waals surface area contributed by atoms with E-state index < -0.39 is 11.6 Å². The highest BCUT2D eigenvalue weighted by Crippen LogP contribution is 2.18. The van der Waals surface area contributed by atoms with Crippen LogP contribution < -0.4 is 10.1 Å². The van der Waals surface area contributed by atoms with E-state index in [-0.39, 0.29) is 30.0 Å². The number of amides is 1. The molecule has 10 heteroatoms. The molecule has 1 amide bonds. The summed E-state index contributed by atoms with van der Waals surface area (Å²) in [4.78, 5) is 16.0. The SMILES string of the molecule is C[C@@H](Cn1cncn1)NC(=O)c1cc(COc2ccc(F)cc2F)[nH]n1. The van der Waals surface area contributed by atoms with Gasteiger partial charge in [0.25, 0.3) is 5.91 Å². The number of halogens is 2. The second-order valence-electron chi connectivity index (χ2n) is 5.63. The van der Waals surface area contributed by atoms with E-state index in [0.29, 0.717) is 12.2 Å². The summed E-state index contributed by atoms with van der Waals surface area (Å²) in [5, 5.41) is 13.3. The molecule has 0 saturated carbocycles. The Morgan fingerprint density at radius 3 is 2.96 bits per heavy atom. The largest absolute Gasteiger partial charge is 0.484 e. The topological polar surface area (TPSA) is 97.7 Å². The highest BCUT2D eigenvalue weighted by molar-refractivity contribution is 5.92. The number of aromatic amines is 1. The minimum atomic E-state index is -0.801. The van der Waals surface area contributed by atoms with Gasteiger partial charge in [0.05, 0.1) is 12.2 Å². The summed E-state index contributed by atoms with van der Waals surface area (Å²) in [6, 6.07) is 4.34. The van der Waals surface area contributed by atoms with Crippen molar-refractivity contribution < 1.29 is 18.3 Å². The van der Waals surface area contributed by atoms with E-state index in [9.17, 15) is 13.6 Å². The minimum Gasteiger partial charge on any atom is -0.484 e. The van der Waals surface area contributed by atoms with Gasteiger partial charge < -0.3 is 10.1 Å². The van der Waals surface area contributed by atoms with Crippen LogP contribution >= 0.6 is 0 Å². The average Bonchev–Trinajstić information content (AvgIpc) is 3.25. The Balaban J connectivity index is 1.54. The molecule has 136 valence electrons. The van der Waals surface area contributed by atoms with Crippen molar-refractivity contribution in [2.24, 2.45) is 0 Å². The monoisotopic (exact) mass is 362 g/mol. The second-order valence-corrected chi connectivity index (χ2v) is 5.63. The second kappa shape index (κ2) is 7.72. The van der Waals surface area contributed by atoms with E-state index in [1.165, 1.54) is 18.5 Å². The third-order valence-corrected chi connectivity index (χ3v) is 3.45. The zero-order valence-corrected chi connectivity index (χ0v) is 13.8. The summed E-state index contributed by atoms with van der Waals surface area (Å²) in [5.41, 5.74) is 0.649. The fourth-order valence-electron chi connectivity index (χ4n) is 2.25. The number of carbonyl (C=O) groups excluding carboxylic acids is 1. The maximum atomic E-state index is 13.5. The van der Waals surface area contributed by atoms with E-state index in [4.69, 9.17) is 4.74 Å². The molecule has 2 heterocycles. The van der Waals surface area contributed by atoms with Crippen LogP contribution in [0, 0.1) is 11.6 Å². The van der Waals surface area contributed by atoms with E-state index in [1.54, 1.807) is 11.0 Å². The van der Waals surface area contributed by atoms with Gasteiger partial charge in [0, 0.05) is 12.1 Å². The summed E-state index contributed by atoms with van der Waals surface area (Å²) in [5.74, 6) is -1.94. The van der Waals surface area contributed by atoms with Crippen LogP contribution in [0.3, 0.4) is 0 Å². The molecule has 0 bridgehead atoms. The lowest BCUT2D eigenvalue weighted by Crippen LogP contribution is -2.36. The molecule has 1 atom stereocenters. The molecule has 2 N–H and O–H groups in total. The van der Waals surface area contributed by atoms with Gasteiger partial charge in [-0.25, -0.2) is 13.8 Å². The van der Waals surface area contributed by atoms with Gasteiger partial charge in [0.15, 0.2) is 11.6 Å². The van der Waals surface area contributed by atoms with Crippen molar-refractivity contribution in [3.63, 3.8) is 0 Å². The predicted octanol–water partition coefficient (Wildman–Crippen LogP) is 1.68. The van der Waals surface area contributed by atoms with Gasteiger partial charge in [-0.15, -0.1) is 0 Å². The lowest BCUT2D eigenvalue weighted by Gasteiger charge is -2.12. The molecule has 1 aromatic carbocycles. The zero-order chi connectivity index (χ0) is 18.5. The number of hydrogen-bond acceptors (Lipinski definition) is 5. The van der Waals surface area contributed by atoms with Crippen molar-refractivity contribution >= 4 is 5.91 Å². The average molecular weight is 362 g/mol. The smallest absolute Gasteiger partial charge is 0.272 e. The number of ether oxygens (including phenoxy) is 1. The summed E-state index contributed by atoms with van der Waals surface area (Å²) in [6.07, 6.45) is 2.97. The van der Waals surface area contributed by atoms with E-state index in [2.05, 4.69) is 25.6 Å². The van der Waals surface area contributed by atoms with Gasteiger partial charge in [-0.2, -0.15) is 10.2 Å². The number of hydrogen-bond donors (Lipinski definition) is 2. The van der Waals surface area contributed by atoms with Gasteiger partial charge >= 0.3 is 0 Å². The molecule has 2 aromatic heterocycles. The van der Waals surface area contributed by atoms with Crippen LogP contribution in [0.4, 0.5) is 8.78 Å². The predicted molar refractivity (Wildman–Crippen MR) is 86.2 cm³/mol. The maximum Gasteiger partial charge on any atom is 0.272 e. The summed E-state index contributed by atoms with van der Waals surface area (Å²) in [6.45, 7) is 2.25. The lowest BCUT2D eigenvalue weighted by molar-refractivity contribution is 0.0931. The van der Waals surface area contributed by atoms with Gasteiger partial charge in [0.2, 0.25) is 0 Å². The number of nitrogens with zero attached hydrogens (tertiary/aromatic N) is 4. The minimum absolute atomic E-state index is 0.0443. The fraction of sp³-hybridized carbons (Fsp3) is 0.250. The Morgan fingerprint density at radius 2 is 2.23 bits per heavy atom. The Labute approximate surface area is 147 Å². The van der Waals surface area contributed by atoms with Gasteiger partial charge in [-0.3, -0.25) is 14.6 Å². The summed E-state index contributed by atoms with van der Waals surface area (Å²) < 4.78 is 33.2. The molecule has 0 aliphatic carbocycles. The molecule has 0 radical (unpaired) electrons. The third-order valence-electron chi connectivity index (χ3n) is 3.45. The van der Waals surface area contributed by atoms with Crippen molar-refractivity contribution in [2.45, 2.75) is 26.1 Å². The first-order chi connectivity index (χ1) is 12.5. The molecule has 0 unspecified atom stereocenters. The van der Waals surface area contributed by atoms with Crippen LogP contribution in [0.1, 0.15) is 23.1 Å². The molecular formula is C16H16F2N6O2. The Hall–Kier alpha value is -3.30. The first kappa shape index (κ1) is 17.5. The van der Waals surface area contributed by atoms with Crippen molar-refractivity contribution in [3.05, 3.63) is 59.9 Å². The lowest BCUT2D eigenvalue weighted by atomic mass is 10.3. The van der Waals surface area contributed by atoms with Crippen LogP contribution in [0.5, 0.6) is 5.75 Å². The molecule has 0 aliphatic heterocycles. The van der Waals surface area contributed by atoms with Gasteiger partial charge in [0.1, 0.15) is 30.8 Å². The highest BCUT2D eigenvalue weighted by atomic mass is 19.1. The molecule has 0 saturated heterocycles. The standard InChI is InChI=1S/C16H16F2N6O2/c1-10(6-24-9-19-8-20-24)21-16(25)14-5-12(22-23-14)7-26-15-3-2-11(17)4-13(15)18/h2-5,8-10H,6-7H2,1H3,(H,21,25)(H,22,23)/t10-/m0/s1. The van der Waals surface area contributed by atoms with Crippen LogP contribution in [-0.2, 0) is 13.2 Å². The van der Waals surface area contributed by atoms with Crippen LogP contribution in [0.25, 0.3) is 0 Å². The molecule has 26 heavy (non-hydrogen) atoms. The van der Waals surface area contributed by atoms with Crippen LogP contribution in [0.2, 0.25) is 0 Å². The normalized spacial score (nSPS) is 12.0. The van der Waals surface area contributed by atoms with Gasteiger partial charge in [-0.1, -0.05) is 0 Å². The van der Waals surface area contributed by atoms with Crippen LogP contribution in [-0.4, -0.2) is 36.9 Å². The Kier molecular flexibility index (Phi) is 5.20. The molecule has 0 fully saturated rings. The van der Waals surface area contributed by atoms with Crippen molar-refractivity contribution in [1.29, 1.82) is 0 Å². The summed E-state index contributed by atoms with van der Waals surface area (Å²) >= 11 is 0. The number of rotatable bonds is 7. The molecule has 3 aromatic rings. The Morgan fingerprint density at radius 1 is 1.38 bits per heavy atom. The molecule has 8 nitrogen and oxygen atoms in total.